The molecule has 5 aromatic rings. The van der Waals surface area contributed by atoms with E-state index >= 15 is 0 Å². The van der Waals surface area contributed by atoms with E-state index in [0.29, 0.717) is 95.4 Å². The van der Waals surface area contributed by atoms with Crippen LogP contribution in [0.5, 0.6) is 5.75 Å². The molecular formula is C58H67N11O13S. The average molecular weight is 1160 g/mol. The second kappa shape index (κ2) is 28.8. The number of amides is 5. The minimum absolute atomic E-state index is 0.0661. The number of rotatable bonds is 26. The summed E-state index contributed by atoms with van der Waals surface area (Å²) in [4.78, 5) is 103. The summed E-state index contributed by atoms with van der Waals surface area (Å²) in [7, 11) is 0. The number of ether oxygens (including phenoxy) is 5. The van der Waals surface area contributed by atoms with Crippen LogP contribution in [0.4, 0.5) is 10.5 Å². The molecule has 1 unspecified atom stereocenters. The van der Waals surface area contributed by atoms with Gasteiger partial charge in [-0.3, -0.25) is 28.7 Å². The number of hydrogen-bond donors (Lipinski definition) is 5. The number of pyridine rings is 1. The molecule has 5 heterocycles. The fourth-order valence-corrected chi connectivity index (χ4v) is 8.92. The quantitative estimate of drug-likeness (QED) is 0.0121. The van der Waals surface area contributed by atoms with Gasteiger partial charge in [-0.2, -0.15) is 0 Å². The Morgan fingerprint density at radius 3 is 2.45 bits per heavy atom. The zero-order valence-corrected chi connectivity index (χ0v) is 48.1. The number of unbranched alkanes of at least 4 members (excludes halogenated alkanes) is 1. The van der Waals surface area contributed by atoms with Crippen LogP contribution >= 0.6 is 11.8 Å². The number of fused-ring (bicyclic) bond motifs is 2. The van der Waals surface area contributed by atoms with Crippen molar-refractivity contribution in [1.29, 1.82) is 0 Å². The molecule has 1 atom stereocenters. The first-order chi connectivity index (χ1) is 39.7. The number of aromatic nitrogens is 6. The number of phenols is 1. The normalized spacial score (nSPS) is 14.5. The summed E-state index contributed by atoms with van der Waals surface area (Å²) in [5.41, 5.74) is 5.24. The Bertz CT molecular complexity index is 3330. The number of aryl methyl sites for hydroxylation is 1. The highest BCUT2D eigenvalue weighted by molar-refractivity contribution is 7.98. The molecular weight excluding hydrogens is 1090 g/mol. The van der Waals surface area contributed by atoms with E-state index in [1.54, 1.807) is 72.7 Å². The van der Waals surface area contributed by atoms with Crippen LogP contribution in [0, 0.1) is 17.3 Å². The summed E-state index contributed by atoms with van der Waals surface area (Å²) in [5, 5.41) is 30.7. The SMILES string of the molecule is CCc1c2c(nc3ccc(O)cc13)/C(=C/C1=C(C)COC(=O)C1OC(=O)OCc1ccc(NC(=O)CNC(=O)COCC(=O)NCC(C)(C)OCC(C)(C)Cn3cc(CNC(=O)CCCC#Cc4cnc(SC)nc4)nn3)cc1)N(C=O)C2. The summed E-state index contributed by atoms with van der Waals surface area (Å²) < 4.78 is 29.3. The van der Waals surface area contributed by atoms with Crippen LogP contribution in [0.3, 0.4) is 0 Å². The number of carbonyl (C=O) groups excluding carboxylic acids is 7. The molecule has 24 nitrogen and oxygen atoms in total. The number of nitrogens with zero attached hydrogens (tertiary/aromatic N) is 7. The van der Waals surface area contributed by atoms with E-state index in [4.69, 9.17) is 28.7 Å². The Hall–Kier alpha value is -8.73. The summed E-state index contributed by atoms with van der Waals surface area (Å²) >= 11 is 1.46. The van der Waals surface area contributed by atoms with Gasteiger partial charge in [0.2, 0.25) is 36.1 Å². The maximum absolute atomic E-state index is 13.1. The lowest BCUT2D eigenvalue weighted by atomic mass is 9.94. The molecule has 2 aliphatic rings. The van der Waals surface area contributed by atoms with E-state index in [9.17, 15) is 38.7 Å². The predicted molar refractivity (Wildman–Crippen MR) is 303 cm³/mol. The Balaban J connectivity index is 0.755. The van der Waals surface area contributed by atoms with Gasteiger partial charge in [0.05, 0.1) is 60.5 Å². The highest BCUT2D eigenvalue weighted by Crippen LogP contribution is 2.39. The first-order valence-electron chi connectivity index (χ1n) is 26.6. The monoisotopic (exact) mass is 1160 g/mol. The fourth-order valence-electron chi connectivity index (χ4n) is 8.61. The number of thioether (sulfide) groups is 1. The third kappa shape index (κ3) is 18.1. The van der Waals surface area contributed by atoms with Gasteiger partial charge >= 0.3 is 12.1 Å². The van der Waals surface area contributed by atoms with Crippen molar-refractivity contribution < 1.29 is 62.4 Å². The lowest BCUT2D eigenvalue weighted by Gasteiger charge is -2.32. The molecule has 0 aliphatic carbocycles. The molecule has 0 bridgehead atoms. The van der Waals surface area contributed by atoms with Crippen LogP contribution in [-0.4, -0.2) is 140 Å². The molecule has 2 aliphatic heterocycles. The fraction of sp³-hybridized carbons (Fsp3) is 0.414. The number of phenolic OH excluding ortho intramolecular Hbond substituents is 1. The van der Waals surface area contributed by atoms with E-state index in [1.807, 2.05) is 40.9 Å². The average Bonchev–Trinajstić information content (AvgIpc) is 2.50. The molecule has 5 amide bonds. The van der Waals surface area contributed by atoms with Crippen LogP contribution < -0.4 is 21.3 Å². The maximum atomic E-state index is 13.1. The Morgan fingerprint density at radius 1 is 0.976 bits per heavy atom. The number of hydrogen-bond acceptors (Lipinski definition) is 19. The van der Waals surface area contributed by atoms with E-state index in [1.165, 1.54) is 22.7 Å². The second-order valence-electron chi connectivity index (χ2n) is 20.9. The van der Waals surface area contributed by atoms with Crippen molar-refractivity contribution in [3.63, 3.8) is 0 Å². The van der Waals surface area contributed by atoms with Crippen molar-refractivity contribution in [3.05, 3.63) is 112 Å². The summed E-state index contributed by atoms with van der Waals surface area (Å²) in [6.07, 6.45) is 8.73. The Kier molecular flexibility index (Phi) is 21.5. The zero-order chi connectivity index (χ0) is 59.7. The van der Waals surface area contributed by atoms with Crippen LogP contribution in [-0.2, 0) is 85.1 Å². The van der Waals surface area contributed by atoms with Gasteiger partial charge in [-0.05, 0) is 93.0 Å². The van der Waals surface area contributed by atoms with Gasteiger partial charge < -0.3 is 55.0 Å². The summed E-state index contributed by atoms with van der Waals surface area (Å²) in [6, 6.07) is 11.2. The molecule has 0 radical (unpaired) electrons. The van der Waals surface area contributed by atoms with Gasteiger partial charge in [0, 0.05) is 66.0 Å². The van der Waals surface area contributed by atoms with E-state index in [0.717, 1.165) is 22.1 Å². The lowest BCUT2D eigenvalue weighted by Crippen LogP contribution is -2.44. The molecule has 7 rings (SSSR count). The number of benzene rings is 2. The topological polar surface area (TPSA) is 307 Å². The number of cyclic esters (lactones) is 1. The van der Waals surface area contributed by atoms with E-state index < -0.39 is 54.8 Å². The highest BCUT2D eigenvalue weighted by atomic mass is 32.2. The molecule has 83 heavy (non-hydrogen) atoms. The smallest absolute Gasteiger partial charge is 0.508 e. The van der Waals surface area contributed by atoms with Gasteiger partial charge in [0.1, 0.15) is 37.9 Å². The predicted octanol–water partition coefficient (Wildman–Crippen LogP) is 5.06. The number of anilines is 1. The van der Waals surface area contributed by atoms with Gasteiger partial charge in [-0.25, -0.2) is 24.5 Å². The molecule has 0 saturated carbocycles. The van der Waals surface area contributed by atoms with Crippen molar-refractivity contribution in [2.45, 2.75) is 110 Å². The third-order valence-corrected chi connectivity index (χ3v) is 13.5. The molecule has 0 saturated heterocycles. The van der Waals surface area contributed by atoms with Crippen molar-refractivity contribution in [2.24, 2.45) is 5.41 Å². The molecule has 5 N–H and O–H groups in total. The molecule has 25 heteroatoms. The van der Waals surface area contributed by atoms with E-state index in [-0.39, 0.29) is 56.5 Å². The molecule has 438 valence electrons. The second-order valence-corrected chi connectivity index (χ2v) is 21.7. The zero-order valence-electron chi connectivity index (χ0n) is 47.3. The van der Waals surface area contributed by atoms with Crippen molar-refractivity contribution in [3.8, 4) is 17.6 Å². The molecule has 0 fully saturated rings. The van der Waals surface area contributed by atoms with Crippen molar-refractivity contribution >= 4 is 76.2 Å². The van der Waals surface area contributed by atoms with Crippen molar-refractivity contribution in [2.75, 3.05) is 51.1 Å². The largest absolute Gasteiger partial charge is 0.509 e. The minimum Gasteiger partial charge on any atom is -0.508 e. The molecule has 0 spiro atoms. The number of carbonyl (C=O) groups is 7. The lowest BCUT2D eigenvalue weighted by molar-refractivity contribution is -0.153. The number of aromatic hydroxyl groups is 1. The van der Waals surface area contributed by atoms with Gasteiger partial charge in [-0.15, -0.1) is 5.10 Å². The standard InChI is InChI=1S/C58H67N11O13S/c1-8-42-44-20-41(71)18-19-46(44)65-52-45(42)27-68(35-70)47(52)21-43-36(2)28-79-54(76)53(43)82-56(77)80-29-37-14-16-39(17-15-37)64-49(73)25-60-50(74)30-78-31-51(75)63-32-58(5,6)81-34-57(3,4)33-69-26-40(66-67-69)24-59-48(72)13-11-9-10-12-38-22-61-55(83-7)62-23-38/h14-23,26,35,53,71H,8-9,11,13,24-25,27-34H2,1-7H3,(H,59,72)(H,60,74)(H,63,75)(H,64,73)/b47-21-. The summed E-state index contributed by atoms with van der Waals surface area (Å²) in [5.74, 6) is 3.57. The van der Waals surface area contributed by atoms with Crippen molar-refractivity contribution in [1.82, 2.24) is 50.8 Å². The van der Waals surface area contributed by atoms with Crippen LogP contribution in [0.15, 0.2) is 83.4 Å². The Morgan fingerprint density at radius 2 is 1.72 bits per heavy atom. The maximum Gasteiger partial charge on any atom is 0.509 e. The van der Waals surface area contributed by atoms with Crippen LogP contribution in [0.25, 0.3) is 16.6 Å². The Labute approximate surface area is 483 Å². The first-order valence-corrected chi connectivity index (χ1v) is 27.9. The van der Waals surface area contributed by atoms with Crippen LogP contribution in [0.1, 0.15) is 94.4 Å². The third-order valence-electron chi connectivity index (χ3n) is 12.9. The van der Waals surface area contributed by atoms with E-state index in [2.05, 4.69) is 53.4 Å². The summed E-state index contributed by atoms with van der Waals surface area (Å²) in [6.45, 7) is 11.2. The van der Waals surface area contributed by atoms with Gasteiger partial charge in [0.25, 0.3) is 0 Å². The molecule has 3 aromatic heterocycles. The highest BCUT2D eigenvalue weighted by Gasteiger charge is 2.37. The van der Waals surface area contributed by atoms with Gasteiger partial charge in [-0.1, -0.05) is 61.7 Å². The number of esters is 1. The first kappa shape index (κ1) is 61.9. The number of nitrogens with one attached hydrogen (secondary N) is 4. The van der Waals surface area contributed by atoms with Gasteiger partial charge in [0.15, 0.2) is 5.16 Å². The van der Waals surface area contributed by atoms with Crippen LogP contribution in [0.2, 0.25) is 0 Å². The minimum atomic E-state index is -1.51. The molecule has 2 aromatic carbocycles.